The fourth-order valence-corrected chi connectivity index (χ4v) is 3.32. The number of amides is 2. The van der Waals surface area contributed by atoms with Gasteiger partial charge in [-0.05, 0) is 82.8 Å². The Kier molecular flexibility index (Phi) is 8.64. The Morgan fingerprint density at radius 1 is 0.970 bits per heavy atom. The van der Waals surface area contributed by atoms with Gasteiger partial charge in [-0.25, -0.2) is 5.43 Å². The summed E-state index contributed by atoms with van der Waals surface area (Å²) in [6.45, 7) is -0.152. The topological polar surface area (TPSA) is 98.3 Å². The first-order valence-corrected chi connectivity index (χ1v) is 10.9. The number of nitrogens with zero attached hydrogens (tertiary/aromatic N) is 1. The zero-order valence-corrected chi connectivity index (χ0v) is 20.2. The lowest BCUT2D eigenvalue weighted by molar-refractivity contribution is -0.118. The van der Waals surface area contributed by atoms with Crippen LogP contribution in [0.2, 0.25) is 0 Å². The van der Waals surface area contributed by atoms with Crippen molar-refractivity contribution < 1.29 is 23.8 Å². The Labute approximate surface area is 205 Å². The average Bonchev–Trinajstić information content (AvgIpc) is 2.84. The van der Waals surface area contributed by atoms with Crippen molar-refractivity contribution in [3.8, 4) is 17.2 Å². The van der Waals surface area contributed by atoms with E-state index in [2.05, 4.69) is 38.4 Å². The van der Waals surface area contributed by atoms with Gasteiger partial charge in [-0.1, -0.05) is 12.1 Å². The van der Waals surface area contributed by atoms with Gasteiger partial charge in [-0.2, -0.15) is 5.10 Å². The summed E-state index contributed by atoms with van der Waals surface area (Å²) in [5, 5.41) is 6.73. The first kappa shape index (κ1) is 24.1. The molecule has 2 N–H and O–H groups in total. The van der Waals surface area contributed by atoms with E-state index < -0.39 is 0 Å². The van der Waals surface area contributed by atoms with Gasteiger partial charge in [0.25, 0.3) is 11.8 Å². The van der Waals surface area contributed by atoms with Crippen molar-refractivity contribution in [1.82, 2.24) is 5.43 Å². The van der Waals surface area contributed by atoms with E-state index in [1.54, 1.807) is 67.8 Å². The summed E-state index contributed by atoms with van der Waals surface area (Å²) in [6, 6.07) is 19.2. The van der Waals surface area contributed by atoms with Crippen LogP contribution >= 0.6 is 22.6 Å². The smallest absolute Gasteiger partial charge is 0.271 e. The molecule has 0 atom stereocenters. The number of carbonyl (C=O) groups is 2. The third-order valence-electron chi connectivity index (χ3n) is 4.42. The van der Waals surface area contributed by atoms with E-state index >= 15 is 0 Å². The highest BCUT2D eigenvalue weighted by atomic mass is 127. The van der Waals surface area contributed by atoms with Crippen LogP contribution in [0.3, 0.4) is 0 Å². The van der Waals surface area contributed by atoms with Crippen LogP contribution < -0.4 is 25.0 Å². The predicted octanol–water partition coefficient (Wildman–Crippen LogP) is 4.09. The van der Waals surface area contributed by atoms with Crippen LogP contribution in [0.4, 0.5) is 5.69 Å². The van der Waals surface area contributed by atoms with Gasteiger partial charge in [-0.3, -0.25) is 9.59 Å². The third-order valence-corrected chi connectivity index (χ3v) is 5.32. The SMILES string of the molecule is COc1cc(C(=O)N/N=C/c2ccc(OCC(=O)Nc3ccccc3OC)cc2)ccc1I. The molecule has 170 valence electrons. The Morgan fingerprint density at radius 3 is 2.42 bits per heavy atom. The molecule has 0 aromatic heterocycles. The normalized spacial score (nSPS) is 10.5. The molecule has 9 heteroatoms. The number of ether oxygens (including phenoxy) is 3. The van der Waals surface area contributed by atoms with E-state index in [0.717, 1.165) is 9.13 Å². The van der Waals surface area contributed by atoms with E-state index in [9.17, 15) is 9.59 Å². The van der Waals surface area contributed by atoms with Crippen LogP contribution in [0, 0.1) is 3.57 Å². The molecule has 3 aromatic carbocycles. The summed E-state index contributed by atoms with van der Waals surface area (Å²) >= 11 is 2.13. The van der Waals surface area contributed by atoms with Gasteiger partial charge in [0.05, 0.1) is 29.7 Å². The van der Waals surface area contributed by atoms with Gasteiger partial charge >= 0.3 is 0 Å². The largest absolute Gasteiger partial charge is 0.496 e. The summed E-state index contributed by atoms with van der Waals surface area (Å²) in [6.07, 6.45) is 1.51. The van der Waals surface area contributed by atoms with Crippen LogP contribution in [-0.4, -0.2) is 38.9 Å². The maximum absolute atomic E-state index is 12.2. The van der Waals surface area contributed by atoms with Crippen molar-refractivity contribution >= 4 is 46.3 Å². The maximum Gasteiger partial charge on any atom is 0.271 e. The fourth-order valence-electron chi connectivity index (χ4n) is 2.76. The van der Waals surface area contributed by atoms with Crippen molar-refractivity contribution in [2.75, 3.05) is 26.1 Å². The Morgan fingerprint density at radius 2 is 1.70 bits per heavy atom. The Balaban J connectivity index is 1.49. The quantitative estimate of drug-likeness (QED) is 0.234. The number of carbonyl (C=O) groups excluding carboxylic acids is 2. The van der Waals surface area contributed by atoms with Crippen LogP contribution in [0.15, 0.2) is 71.8 Å². The number of benzene rings is 3. The minimum Gasteiger partial charge on any atom is -0.496 e. The molecular formula is C24H22IN3O5. The van der Waals surface area contributed by atoms with E-state index in [4.69, 9.17) is 14.2 Å². The minimum absolute atomic E-state index is 0.152. The molecule has 0 radical (unpaired) electrons. The zero-order valence-electron chi connectivity index (χ0n) is 18.0. The van der Waals surface area contributed by atoms with Crippen LogP contribution in [0.5, 0.6) is 17.2 Å². The van der Waals surface area contributed by atoms with Gasteiger partial charge in [0.15, 0.2) is 6.61 Å². The summed E-state index contributed by atoms with van der Waals surface area (Å²) in [7, 11) is 3.09. The summed E-state index contributed by atoms with van der Waals surface area (Å²) in [5.41, 5.74) is 4.25. The molecule has 0 aliphatic heterocycles. The molecule has 2 amide bonds. The highest BCUT2D eigenvalue weighted by molar-refractivity contribution is 14.1. The van der Waals surface area contributed by atoms with Gasteiger partial charge in [0.2, 0.25) is 0 Å². The maximum atomic E-state index is 12.2. The van der Waals surface area contributed by atoms with E-state index in [0.29, 0.717) is 28.5 Å². The van der Waals surface area contributed by atoms with Crippen LogP contribution in [0.25, 0.3) is 0 Å². The third kappa shape index (κ3) is 6.94. The number of methoxy groups -OCH3 is 2. The van der Waals surface area contributed by atoms with Crippen molar-refractivity contribution in [3.63, 3.8) is 0 Å². The van der Waals surface area contributed by atoms with E-state index in [1.807, 2.05) is 6.07 Å². The number of halogens is 1. The molecule has 0 fully saturated rings. The molecule has 0 aliphatic carbocycles. The summed E-state index contributed by atoms with van der Waals surface area (Å²) in [4.78, 5) is 24.4. The number of hydrogen-bond acceptors (Lipinski definition) is 6. The highest BCUT2D eigenvalue weighted by Gasteiger charge is 2.09. The number of anilines is 1. The van der Waals surface area contributed by atoms with Crippen molar-refractivity contribution in [2.24, 2.45) is 5.10 Å². The summed E-state index contributed by atoms with van der Waals surface area (Å²) < 4.78 is 16.9. The number of rotatable bonds is 9. The molecule has 0 aliphatic rings. The zero-order chi connectivity index (χ0) is 23.6. The van der Waals surface area contributed by atoms with Crippen molar-refractivity contribution in [3.05, 3.63) is 81.4 Å². The van der Waals surface area contributed by atoms with Crippen molar-refractivity contribution in [2.45, 2.75) is 0 Å². The van der Waals surface area contributed by atoms with Gasteiger partial charge in [0, 0.05) is 5.56 Å². The van der Waals surface area contributed by atoms with Crippen LogP contribution in [0.1, 0.15) is 15.9 Å². The second kappa shape index (κ2) is 11.9. The summed E-state index contributed by atoms with van der Waals surface area (Å²) in [5.74, 6) is 1.07. The number of hydrazone groups is 1. The Bertz CT molecular complexity index is 1150. The first-order chi connectivity index (χ1) is 16.0. The molecule has 0 heterocycles. The number of para-hydroxylation sites is 2. The monoisotopic (exact) mass is 559 g/mol. The van der Waals surface area contributed by atoms with E-state index in [-0.39, 0.29) is 18.4 Å². The van der Waals surface area contributed by atoms with Gasteiger partial charge < -0.3 is 19.5 Å². The molecule has 33 heavy (non-hydrogen) atoms. The molecule has 0 unspecified atom stereocenters. The number of hydrogen-bond donors (Lipinski definition) is 2. The van der Waals surface area contributed by atoms with Gasteiger partial charge in [-0.15, -0.1) is 0 Å². The molecule has 0 spiro atoms. The number of nitrogens with one attached hydrogen (secondary N) is 2. The lowest BCUT2D eigenvalue weighted by atomic mass is 10.2. The highest BCUT2D eigenvalue weighted by Crippen LogP contribution is 2.23. The molecule has 3 rings (SSSR count). The molecule has 0 bridgehead atoms. The molecular weight excluding hydrogens is 537 g/mol. The average molecular weight is 559 g/mol. The second-order valence-electron chi connectivity index (χ2n) is 6.65. The predicted molar refractivity (Wildman–Crippen MR) is 134 cm³/mol. The van der Waals surface area contributed by atoms with E-state index in [1.165, 1.54) is 13.3 Å². The second-order valence-corrected chi connectivity index (χ2v) is 7.82. The fraction of sp³-hybridized carbons (Fsp3) is 0.125. The molecule has 0 saturated carbocycles. The molecule has 8 nitrogen and oxygen atoms in total. The lowest BCUT2D eigenvalue weighted by Gasteiger charge is -2.10. The standard InChI is InChI=1S/C24H22IN3O5/c1-31-21-6-4-3-5-20(21)27-23(29)15-33-18-10-7-16(8-11-18)14-26-28-24(30)17-9-12-19(25)22(13-17)32-2/h3-14H,15H2,1-2H3,(H,27,29)(H,28,30)/b26-14+. The minimum atomic E-state index is -0.345. The van der Waals surface area contributed by atoms with Crippen LogP contribution in [-0.2, 0) is 4.79 Å². The first-order valence-electron chi connectivity index (χ1n) is 9.83. The molecule has 0 saturated heterocycles. The van der Waals surface area contributed by atoms with Gasteiger partial charge in [0.1, 0.15) is 17.2 Å². The molecule has 3 aromatic rings. The van der Waals surface area contributed by atoms with Crippen molar-refractivity contribution in [1.29, 1.82) is 0 Å². The lowest BCUT2D eigenvalue weighted by Crippen LogP contribution is -2.20. The Hall–Kier alpha value is -3.60.